The molecule has 0 aliphatic rings. The quantitative estimate of drug-likeness (QED) is 0.466. The zero-order valence-electron chi connectivity index (χ0n) is 13.4. The van der Waals surface area contributed by atoms with Gasteiger partial charge in [-0.1, -0.05) is 11.8 Å². The van der Waals surface area contributed by atoms with E-state index in [0.29, 0.717) is 12.5 Å². The van der Waals surface area contributed by atoms with Gasteiger partial charge in [0, 0.05) is 69.9 Å². The Balaban J connectivity index is 1.72. The van der Waals surface area contributed by atoms with Crippen molar-refractivity contribution < 1.29 is 4.79 Å². The van der Waals surface area contributed by atoms with Crippen LogP contribution in [0.1, 0.15) is 5.56 Å². The number of imidazole rings is 1. The average molecular weight is 332 g/mol. The van der Waals surface area contributed by atoms with E-state index < -0.39 is 0 Å². The van der Waals surface area contributed by atoms with Crippen LogP contribution in [0.2, 0.25) is 0 Å². The molecule has 7 nitrogen and oxygen atoms in total. The minimum absolute atomic E-state index is 0.137. The SMILES string of the molecule is CN(C)c1ncc(/C=C/C(=O)NCCSc2nccn2C)cn1. The Bertz CT molecular complexity index is 665. The van der Waals surface area contributed by atoms with Gasteiger partial charge in [0.2, 0.25) is 11.9 Å². The fourth-order valence-corrected chi connectivity index (χ4v) is 2.47. The second-order valence-electron chi connectivity index (χ2n) is 5.00. The molecule has 0 saturated heterocycles. The molecule has 2 aromatic rings. The molecule has 0 aliphatic heterocycles. The summed E-state index contributed by atoms with van der Waals surface area (Å²) in [5.41, 5.74) is 0.785. The lowest BCUT2D eigenvalue weighted by molar-refractivity contribution is -0.116. The van der Waals surface area contributed by atoms with Crippen LogP contribution in [0.25, 0.3) is 6.08 Å². The van der Waals surface area contributed by atoms with Crippen LogP contribution in [-0.2, 0) is 11.8 Å². The molecule has 0 saturated carbocycles. The molecule has 0 atom stereocenters. The van der Waals surface area contributed by atoms with Gasteiger partial charge in [-0.25, -0.2) is 15.0 Å². The first-order valence-electron chi connectivity index (χ1n) is 7.11. The molecule has 0 fully saturated rings. The molecule has 0 unspecified atom stereocenters. The predicted octanol–water partition coefficient (Wildman–Crippen LogP) is 1.20. The predicted molar refractivity (Wildman–Crippen MR) is 92.3 cm³/mol. The Hall–Kier alpha value is -2.35. The van der Waals surface area contributed by atoms with Crippen molar-refractivity contribution in [3.63, 3.8) is 0 Å². The lowest BCUT2D eigenvalue weighted by Crippen LogP contribution is -2.23. The topological polar surface area (TPSA) is 75.9 Å². The van der Waals surface area contributed by atoms with Gasteiger partial charge in [0.25, 0.3) is 0 Å². The normalized spacial score (nSPS) is 10.9. The van der Waals surface area contributed by atoms with E-state index in [0.717, 1.165) is 16.5 Å². The Morgan fingerprint density at radius 1 is 1.35 bits per heavy atom. The molecule has 8 heteroatoms. The number of aryl methyl sites for hydroxylation is 1. The summed E-state index contributed by atoms with van der Waals surface area (Å²) < 4.78 is 1.95. The van der Waals surface area contributed by atoms with E-state index in [-0.39, 0.29) is 5.91 Å². The summed E-state index contributed by atoms with van der Waals surface area (Å²) in [4.78, 5) is 26.1. The molecule has 2 heterocycles. The maximum absolute atomic E-state index is 11.7. The first-order valence-corrected chi connectivity index (χ1v) is 8.10. The Kier molecular flexibility index (Phi) is 6.16. The molecule has 2 rings (SSSR count). The second-order valence-corrected chi connectivity index (χ2v) is 6.07. The Morgan fingerprint density at radius 2 is 2.09 bits per heavy atom. The lowest BCUT2D eigenvalue weighted by Gasteiger charge is -2.08. The van der Waals surface area contributed by atoms with Gasteiger partial charge in [-0.3, -0.25) is 4.79 Å². The van der Waals surface area contributed by atoms with Crippen molar-refractivity contribution in [2.75, 3.05) is 31.3 Å². The van der Waals surface area contributed by atoms with Gasteiger partial charge in [-0.15, -0.1) is 0 Å². The van der Waals surface area contributed by atoms with Crippen LogP contribution in [0.15, 0.2) is 36.0 Å². The molecule has 23 heavy (non-hydrogen) atoms. The maximum atomic E-state index is 11.7. The Morgan fingerprint density at radius 3 is 2.70 bits per heavy atom. The van der Waals surface area contributed by atoms with Gasteiger partial charge in [-0.2, -0.15) is 0 Å². The van der Waals surface area contributed by atoms with Gasteiger partial charge in [-0.05, 0) is 6.08 Å². The van der Waals surface area contributed by atoms with Crippen molar-refractivity contribution in [3.8, 4) is 0 Å². The highest BCUT2D eigenvalue weighted by molar-refractivity contribution is 7.99. The highest BCUT2D eigenvalue weighted by Gasteiger charge is 2.01. The molecular weight excluding hydrogens is 312 g/mol. The fourth-order valence-electron chi connectivity index (χ4n) is 1.69. The highest BCUT2D eigenvalue weighted by atomic mass is 32.2. The van der Waals surface area contributed by atoms with Crippen molar-refractivity contribution >= 4 is 29.7 Å². The van der Waals surface area contributed by atoms with E-state index in [1.54, 1.807) is 36.4 Å². The number of hydrogen-bond acceptors (Lipinski definition) is 6. The third-order valence-electron chi connectivity index (χ3n) is 2.89. The highest BCUT2D eigenvalue weighted by Crippen LogP contribution is 2.12. The maximum Gasteiger partial charge on any atom is 0.244 e. The number of carbonyl (C=O) groups excluding carboxylic acids is 1. The number of rotatable bonds is 7. The summed E-state index contributed by atoms with van der Waals surface area (Å²) in [7, 11) is 5.70. The van der Waals surface area contributed by atoms with Gasteiger partial charge >= 0.3 is 0 Å². The van der Waals surface area contributed by atoms with Crippen molar-refractivity contribution in [1.82, 2.24) is 24.8 Å². The fraction of sp³-hybridized carbons (Fsp3) is 0.333. The lowest BCUT2D eigenvalue weighted by atomic mass is 10.3. The summed E-state index contributed by atoms with van der Waals surface area (Å²) in [6, 6.07) is 0. The molecule has 122 valence electrons. The van der Waals surface area contributed by atoms with Gasteiger partial charge in [0.1, 0.15) is 0 Å². The number of aromatic nitrogens is 4. The molecule has 0 aliphatic carbocycles. The summed E-state index contributed by atoms with van der Waals surface area (Å²) >= 11 is 1.60. The minimum atomic E-state index is -0.137. The van der Waals surface area contributed by atoms with Gasteiger partial charge in [0.15, 0.2) is 5.16 Å². The van der Waals surface area contributed by atoms with Crippen LogP contribution in [0.3, 0.4) is 0 Å². The third kappa shape index (κ3) is 5.41. The monoisotopic (exact) mass is 332 g/mol. The van der Waals surface area contributed by atoms with E-state index in [9.17, 15) is 4.79 Å². The molecular formula is C15H20N6OS. The van der Waals surface area contributed by atoms with E-state index >= 15 is 0 Å². The number of nitrogens with zero attached hydrogens (tertiary/aromatic N) is 5. The number of nitrogens with one attached hydrogen (secondary N) is 1. The zero-order chi connectivity index (χ0) is 16.7. The smallest absolute Gasteiger partial charge is 0.244 e. The summed E-state index contributed by atoms with van der Waals surface area (Å²) in [5, 5.41) is 3.77. The summed E-state index contributed by atoms with van der Waals surface area (Å²) in [5.74, 6) is 1.27. The van der Waals surface area contributed by atoms with Crippen LogP contribution in [0.5, 0.6) is 0 Å². The van der Waals surface area contributed by atoms with Crippen LogP contribution >= 0.6 is 11.8 Å². The third-order valence-corrected chi connectivity index (χ3v) is 3.95. The van der Waals surface area contributed by atoms with Crippen molar-refractivity contribution in [2.45, 2.75) is 5.16 Å². The first-order chi connectivity index (χ1) is 11.1. The molecule has 1 amide bonds. The molecule has 0 aromatic carbocycles. The first kappa shape index (κ1) is 17.0. The number of thioether (sulfide) groups is 1. The van der Waals surface area contributed by atoms with E-state index in [4.69, 9.17) is 0 Å². The summed E-state index contributed by atoms with van der Waals surface area (Å²) in [6.45, 7) is 0.580. The van der Waals surface area contributed by atoms with Crippen LogP contribution in [0, 0.1) is 0 Å². The molecule has 0 bridgehead atoms. The second kappa shape index (κ2) is 8.33. The molecule has 2 aromatic heterocycles. The van der Waals surface area contributed by atoms with Gasteiger partial charge in [0.05, 0.1) is 0 Å². The number of hydrogen-bond donors (Lipinski definition) is 1. The molecule has 0 radical (unpaired) electrons. The van der Waals surface area contributed by atoms with Crippen molar-refractivity contribution in [2.24, 2.45) is 7.05 Å². The standard InChI is InChI=1S/C15H20N6OS/c1-20(2)14-18-10-12(11-19-14)4-5-13(22)16-7-9-23-15-17-6-8-21(15)3/h4-6,8,10-11H,7,9H2,1-3H3,(H,16,22)/b5-4+. The number of amides is 1. The van der Waals surface area contributed by atoms with Crippen molar-refractivity contribution in [3.05, 3.63) is 36.4 Å². The summed E-state index contributed by atoms with van der Waals surface area (Å²) in [6.07, 6.45) is 10.2. The van der Waals surface area contributed by atoms with E-state index in [2.05, 4.69) is 20.3 Å². The number of anilines is 1. The average Bonchev–Trinajstić information content (AvgIpc) is 2.95. The van der Waals surface area contributed by atoms with E-state index in [1.165, 1.54) is 6.08 Å². The van der Waals surface area contributed by atoms with Crippen LogP contribution in [-0.4, -0.2) is 51.8 Å². The van der Waals surface area contributed by atoms with Gasteiger partial charge < -0.3 is 14.8 Å². The minimum Gasteiger partial charge on any atom is -0.352 e. The van der Waals surface area contributed by atoms with Crippen LogP contribution < -0.4 is 10.2 Å². The Labute approximate surface area is 139 Å². The van der Waals surface area contributed by atoms with Crippen molar-refractivity contribution in [1.29, 1.82) is 0 Å². The van der Waals surface area contributed by atoms with E-state index in [1.807, 2.05) is 36.8 Å². The number of carbonyl (C=O) groups is 1. The largest absolute Gasteiger partial charge is 0.352 e. The van der Waals surface area contributed by atoms with Crippen LogP contribution in [0.4, 0.5) is 5.95 Å². The zero-order valence-corrected chi connectivity index (χ0v) is 14.2. The molecule has 0 spiro atoms. The molecule has 1 N–H and O–H groups in total.